The highest BCUT2D eigenvalue weighted by Gasteiger charge is 2.38. The fourth-order valence-corrected chi connectivity index (χ4v) is 4.10. The van der Waals surface area contributed by atoms with Gasteiger partial charge in [0.25, 0.3) is 5.91 Å². The third kappa shape index (κ3) is 6.08. The van der Waals surface area contributed by atoms with Gasteiger partial charge in [0.05, 0.1) is 18.7 Å². The van der Waals surface area contributed by atoms with Crippen LogP contribution in [0, 0.1) is 0 Å². The Labute approximate surface area is 217 Å². The summed E-state index contributed by atoms with van der Waals surface area (Å²) < 4.78 is 5.19. The van der Waals surface area contributed by atoms with Gasteiger partial charge in [-0.3, -0.25) is 4.79 Å². The van der Waals surface area contributed by atoms with Crippen molar-refractivity contribution < 1.29 is 19.5 Å². The summed E-state index contributed by atoms with van der Waals surface area (Å²) in [4.78, 5) is 21.6. The second-order valence-corrected chi connectivity index (χ2v) is 8.89. The molecule has 0 bridgehead atoms. The molecule has 0 aliphatic carbocycles. The largest absolute Gasteiger partial charge is 0.497 e. The molecule has 7 heteroatoms. The monoisotopic (exact) mass is 497 g/mol. The van der Waals surface area contributed by atoms with Crippen LogP contribution in [0.15, 0.2) is 114 Å². The maximum absolute atomic E-state index is 12.8. The van der Waals surface area contributed by atoms with Crippen molar-refractivity contribution in [1.82, 2.24) is 9.80 Å². The van der Waals surface area contributed by atoms with E-state index in [4.69, 9.17) is 9.57 Å². The van der Waals surface area contributed by atoms with Gasteiger partial charge in [-0.05, 0) is 41.0 Å². The third-order valence-corrected chi connectivity index (χ3v) is 6.07. The molecule has 0 saturated heterocycles. The number of hydrogen-bond acceptors (Lipinski definition) is 6. The molecule has 0 fully saturated rings. The summed E-state index contributed by atoms with van der Waals surface area (Å²) >= 11 is 0. The molecule has 0 radical (unpaired) electrons. The summed E-state index contributed by atoms with van der Waals surface area (Å²) in [6, 6.07) is 26.7. The van der Waals surface area contributed by atoms with Crippen LogP contribution in [0.3, 0.4) is 0 Å². The summed E-state index contributed by atoms with van der Waals surface area (Å²) in [6.07, 6.45) is 6.20. The Kier molecular flexibility index (Phi) is 8.05. The van der Waals surface area contributed by atoms with E-state index in [1.54, 1.807) is 44.5 Å². The zero-order chi connectivity index (χ0) is 26.3. The van der Waals surface area contributed by atoms with Crippen LogP contribution in [0.4, 0.5) is 0 Å². The van der Waals surface area contributed by atoms with E-state index in [0.717, 1.165) is 22.4 Å². The second-order valence-electron chi connectivity index (χ2n) is 8.89. The van der Waals surface area contributed by atoms with E-state index in [1.165, 1.54) is 11.1 Å². The van der Waals surface area contributed by atoms with Crippen LogP contribution < -0.4 is 4.74 Å². The highest BCUT2D eigenvalue weighted by Crippen LogP contribution is 2.36. The lowest BCUT2D eigenvalue weighted by atomic mass is 9.93. The third-order valence-electron chi connectivity index (χ3n) is 6.07. The first-order chi connectivity index (χ1) is 17.9. The van der Waals surface area contributed by atoms with Crippen LogP contribution in [-0.2, 0) is 16.2 Å². The molecule has 37 heavy (non-hydrogen) atoms. The summed E-state index contributed by atoms with van der Waals surface area (Å²) in [7, 11) is 5.01. The van der Waals surface area contributed by atoms with E-state index >= 15 is 0 Å². The van der Waals surface area contributed by atoms with E-state index in [2.05, 4.69) is 5.16 Å². The van der Waals surface area contributed by atoms with Crippen molar-refractivity contribution in [3.63, 3.8) is 0 Å². The van der Waals surface area contributed by atoms with Gasteiger partial charge in [-0.15, -0.1) is 0 Å². The van der Waals surface area contributed by atoms with Gasteiger partial charge < -0.3 is 24.5 Å². The van der Waals surface area contributed by atoms with E-state index in [9.17, 15) is 9.90 Å². The number of hydrogen-bond donors (Lipinski definition) is 1. The molecule has 1 heterocycles. The van der Waals surface area contributed by atoms with Gasteiger partial charge in [-0.1, -0.05) is 78.0 Å². The highest BCUT2D eigenvalue weighted by molar-refractivity contribution is 5.96. The Balaban J connectivity index is 1.68. The van der Waals surface area contributed by atoms with E-state index in [0.29, 0.717) is 5.57 Å². The highest BCUT2D eigenvalue weighted by atomic mass is 16.6. The first kappa shape index (κ1) is 25.7. The maximum atomic E-state index is 12.8. The minimum atomic E-state index is -1.66. The lowest BCUT2D eigenvalue weighted by Crippen LogP contribution is -2.50. The average Bonchev–Trinajstić information content (AvgIpc) is 2.93. The normalized spacial score (nSPS) is 17.1. The van der Waals surface area contributed by atoms with Crippen LogP contribution in [0.1, 0.15) is 22.7 Å². The second kappa shape index (κ2) is 11.6. The van der Waals surface area contributed by atoms with Gasteiger partial charge in [0.1, 0.15) is 18.6 Å². The molecule has 3 aromatic rings. The first-order valence-electron chi connectivity index (χ1n) is 11.9. The minimum absolute atomic E-state index is 0.170. The zero-order valence-corrected chi connectivity index (χ0v) is 21.2. The minimum Gasteiger partial charge on any atom is -0.497 e. The Bertz CT molecular complexity index is 1230. The Morgan fingerprint density at radius 3 is 2.14 bits per heavy atom. The average molecular weight is 498 g/mol. The van der Waals surface area contributed by atoms with Gasteiger partial charge >= 0.3 is 0 Å². The molecule has 1 aliphatic heterocycles. The van der Waals surface area contributed by atoms with E-state index in [1.807, 2.05) is 84.9 Å². The molecule has 190 valence electrons. The Morgan fingerprint density at radius 1 is 1.00 bits per heavy atom. The molecule has 7 nitrogen and oxygen atoms in total. The number of methoxy groups -OCH3 is 1. The number of amides is 1. The molecular formula is C30H31N3O4. The van der Waals surface area contributed by atoms with E-state index in [-0.39, 0.29) is 12.5 Å². The molecule has 4 rings (SSSR count). The van der Waals surface area contributed by atoms with Gasteiger partial charge in [-0.2, -0.15) is 0 Å². The van der Waals surface area contributed by atoms with Crippen LogP contribution >= 0.6 is 0 Å². The SMILES string of the molecule is COc1ccc(CON=CC2(O)C=CC(C(=O)N(C)C)=CN2C(c2ccccc2)c2ccccc2)cc1. The summed E-state index contributed by atoms with van der Waals surface area (Å²) in [5, 5.41) is 16.0. The molecule has 1 aliphatic rings. The van der Waals surface area contributed by atoms with Crippen molar-refractivity contribution in [2.45, 2.75) is 18.4 Å². The molecule has 1 unspecified atom stereocenters. The number of nitrogens with zero attached hydrogens (tertiary/aromatic N) is 3. The quantitative estimate of drug-likeness (QED) is 0.348. The number of benzene rings is 3. The summed E-state index contributed by atoms with van der Waals surface area (Å²) in [5.41, 5.74) is 1.59. The van der Waals surface area contributed by atoms with Gasteiger partial charge in [0, 0.05) is 20.3 Å². The summed E-state index contributed by atoms with van der Waals surface area (Å²) in [6.45, 7) is 0.224. The van der Waals surface area contributed by atoms with Crippen LogP contribution in [0.25, 0.3) is 0 Å². The van der Waals surface area contributed by atoms with Crippen LogP contribution in [-0.4, -0.2) is 54.0 Å². The van der Waals surface area contributed by atoms with Crippen LogP contribution in [0.2, 0.25) is 0 Å². The molecule has 3 aromatic carbocycles. The fourth-order valence-electron chi connectivity index (χ4n) is 4.10. The standard InChI is InChI=1S/C30H31N3O4/c1-32(2)29(34)26-18-19-30(35,22-31-37-21-23-14-16-27(36-3)17-15-23)33(20-26)28(24-10-6-4-7-11-24)25-12-8-5-9-13-25/h4-20,22,28,35H,21H2,1-3H3. The van der Waals surface area contributed by atoms with Crippen molar-refractivity contribution in [1.29, 1.82) is 0 Å². The number of oxime groups is 1. The Morgan fingerprint density at radius 2 is 1.59 bits per heavy atom. The molecule has 1 atom stereocenters. The molecule has 0 aromatic heterocycles. The smallest absolute Gasteiger partial charge is 0.254 e. The lowest BCUT2D eigenvalue weighted by molar-refractivity contribution is -0.124. The number of likely N-dealkylation sites (N-methyl/N-ethyl adjacent to an activating group) is 1. The van der Waals surface area contributed by atoms with Crippen molar-refractivity contribution in [2.24, 2.45) is 5.16 Å². The predicted octanol–water partition coefficient (Wildman–Crippen LogP) is 4.52. The van der Waals surface area contributed by atoms with Crippen molar-refractivity contribution >= 4 is 12.1 Å². The lowest BCUT2D eigenvalue weighted by Gasteiger charge is -2.42. The van der Waals surface area contributed by atoms with Gasteiger partial charge in [0.2, 0.25) is 0 Å². The summed E-state index contributed by atoms with van der Waals surface area (Å²) in [5.74, 6) is 0.586. The first-order valence-corrected chi connectivity index (χ1v) is 11.9. The molecule has 1 amide bonds. The van der Waals surface area contributed by atoms with Gasteiger partial charge in [-0.25, -0.2) is 0 Å². The molecule has 0 saturated carbocycles. The fraction of sp³-hybridized carbons (Fsp3) is 0.200. The van der Waals surface area contributed by atoms with Crippen molar-refractivity contribution in [3.05, 3.63) is 126 Å². The number of rotatable bonds is 9. The number of aliphatic hydroxyl groups is 1. The van der Waals surface area contributed by atoms with Crippen molar-refractivity contribution in [2.75, 3.05) is 21.2 Å². The molecule has 1 N–H and O–H groups in total. The number of carbonyl (C=O) groups excluding carboxylic acids is 1. The maximum Gasteiger partial charge on any atom is 0.254 e. The van der Waals surface area contributed by atoms with Gasteiger partial charge in [0.15, 0.2) is 5.72 Å². The van der Waals surface area contributed by atoms with Crippen LogP contribution in [0.5, 0.6) is 5.75 Å². The van der Waals surface area contributed by atoms with Crippen molar-refractivity contribution in [3.8, 4) is 5.75 Å². The molecular weight excluding hydrogens is 466 g/mol. The van der Waals surface area contributed by atoms with E-state index < -0.39 is 11.8 Å². The number of carbonyl (C=O) groups is 1. The predicted molar refractivity (Wildman–Crippen MR) is 144 cm³/mol. The topological polar surface area (TPSA) is 74.6 Å². The Hall–Kier alpha value is -4.36. The zero-order valence-electron chi connectivity index (χ0n) is 21.2. The number of ether oxygens (including phenoxy) is 1. The molecule has 0 spiro atoms.